The molecular weight excluding hydrogens is 210 g/mol. The quantitative estimate of drug-likeness (QED) is 0.870. The van der Waals surface area contributed by atoms with Gasteiger partial charge in [-0.2, -0.15) is 0 Å². The van der Waals surface area contributed by atoms with Crippen molar-refractivity contribution in [3.05, 3.63) is 41.5 Å². The minimum Gasteiger partial charge on any atom is -0.496 e. The molecule has 1 unspecified atom stereocenters. The first kappa shape index (κ1) is 11.9. The van der Waals surface area contributed by atoms with Crippen LogP contribution in [0.3, 0.4) is 0 Å². The van der Waals surface area contributed by atoms with Gasteiger partial charge >= 0.3 is 0 Å². The zero-order valence-electron chi connectivity index (χ0n) is 10.9. The summed E-state index contributed by atoms with van der Waals surface area (Å²) in [7, 11) is 3.69. The highest BCUT2D eigenvalue weighted by Crippen LogP contribution is 2.28. The molecule has 1 atom stereocenters. The molecule has 0 aromatic heterocycles. The molecule has 2 rings (SSSR count). The molecule has 0 aliphatic carbocycles. The van der Waals surface area contributed by atoms with Crippen molar-refractivity contribution in [1.29, 1.82) is 0 Å². The second-order valence-corrected chi connectivity index (χ2v) is 4.38. The average molecular weight is 229 g/mol. The maximum Gasteiger partial charge on any atom is 0.122 e. The molecule has 0 spiro atoms. The maximum atomic E-state index is 5.34. The highest BCUT2D eigenvalue weighted by Gasteiger charge is 2.07. The van der Waals surface area contributed by atoms with Crippen LogP contribution in [0.5, 0.6) is 5.75 Å². The number of benzene rings is 2. The van der Waals surface area contributed by atoms with Crippen molar-refractivity contribution < 1.29 is 4.74 Å². The van der Waals surface area contributed by atoms with Crippen LogP contribution >= 0.6 is 0 Å². The van der Waals surface area contributed by atoms with E-state index in [1.807, 2.05) is 13.1 Å². The lowest BCUT2D eigenvalue weighted by Gasteiger charge is -2.13. The molecule has 0 fully saturated rings. The molecule has 90 valence electrons. The predicted octanol–water partition coefficient (Wildman–Crippen LogP) is 3.44. The number of rotatable bonds is 3. The lowest BCUT2D eigenvalue weighted by molar-refractivity contribution is 0.412. The van der Waals surface area contributed by atoms with Crippen LogP contribution in [-0.2, 0) is 0 Å². The van der Waals surface area contributed by atoms with Crippen LogP contribution in [0.1, 0.15) is 24.1 Å². The number of methoxy groups -OCH3 is 1. The summed E-state index contributed by atoms with van der Waals surface area (Å²) in [4.78, 5) is 0. The van der Waals surface area contributed by atoms with Crippen LogP contribution in [0.15, 0.2) is 30.3 Å². The van der Waals surface area contributed by atoms with Gasteiger partial charge < -0.3 is 10.1 Å². The van der Waals surface area contributed by atoms with Gasteiger partial charge in [0.2, 0.25) is 0 Å². The molecule has 17 heavy (non-hydrogen) atoms. The fourth-order valence-electron chi connectivity index (χ4n) is 2.14. The summed E-state index contributed by atoms with van der Waals surface area (Å²) in [6.45, 7) is 4.26. The largest absolute Gasteiger partial charge is 0.496 e. The Morgan fingerprint density at radius 3 is 2.59 bits per heavy atom. The molecule has 0 aliphatic heterocycles. The van der Waals surface area contributed by atoms with Crippen molar-refractivity contribution in [2.24, 2.45) is 0 Å². The summed E-state index contributed by atoms with van der Waals surface area (Å²) in [6.07, 6.45) is 0. The van der Waals surface area contributed by atoms with Crippen molar-refractivity contribution >= 4 is 10.8 Å². The molecule has 0 radical (unpaired) electrons. The van der Waals surface area contributed by atoms with E-state index in [9.17, 15) is 0 Å². The van der Waals surface area contributed by atoms with E-state index in [4.69, 9.17) is 4.74 Å². The summed E-state index contributed by atoms with van der Waals surface area (Å²) >= 11 is 0. The number of hydrogen-bond donors (Lipinski definition) is 1. The smallest absolute Gasteiger partial charge is 0.122 e. The third-order valence-corrected chi connectivity index (χ3v) is 3.42. The Hall–Kier alpha value is -1.54. The molecule has 0 saturated heterocycles. The minimum absolute atomic E-state index is 0.377. The molecule has 0 heterocycles. The number of nitrogens with one attached hydrogen (secondary N) is 1. The zero-order valence-corrected chi connectivity index (χ0v) is 10.9. The molecule has 2 aromatic rings. The summed E-state index contributed by atoms with van der Waals surface area (Å²) in [5, 5.41) is 5.79. The molecular formula is C15H19NO. The first-order valence-corrected chi connectivity index (χ1v) is 5.92. The Bertz CT molecular complexity index is 534. The van der Waals surface area contributed by atoms with Gasteiger partial charge in [-0.1, -0.05) is 18.2 Å². The van der Waals surface area contributed by atoms with Gasteiger partial charge in [0.05, 0.1) is 7.11 Å². The lowest BCUT2D eigenvalue weighted by atomic mass is 9.99. The van der Waals surface area contributed by atoms with E-state index >= 15 is 0 Å². The molecule has 0 aliphatic rings. The van der Waals surface area contributed by atoms with E-state index in [0.29, 0.717) is 6.04 Å². The molecule has 2 heteroatoms. The Balaban J connectivity index is 2.57. The van der Waals surface area contributed by atoms with Gasteiger partial charge in [-0.15, -0.1) is 0 Å². The van der Waals surface area contributed by atoms with E-state index < -0.39 is 0 Å². The number of ether oxygens (including phenoxy) is 1. The monoisotopic (exact) mass is 229 g/mol. The lowest BCUT2D eigenvalue weighted by Crippen LogP contribution is -2.11. The van der Waals surface area contributed by atoms with Crippen LogP contribution in [0.4, 0.5) is 0 Å². The second-order valence-electron chi connectivity index (χ2n) is 4.38. The predicted molar refractivity (Wildman–Crippen MR) is 72.7 cm³/mol. The molecule has 2 nitrogen and oxygen atoms in total. The summed E-state index contributed by atoms with van der Waals surface area (Å²) in [6, 6.07) is 11.1. The van der Waals surface area contributed by atoms with Crippen LogP contribution in [0.25, 0.3) is 10.8 Å². The number of hydrogen-bond acceptors (Lipinski definition) is 2. The van der Waals surface area contributed by atoms with Crippen LogP contribution < -0.4 is 10.1 Å². The van der Waals surface area contributed by atoms with Gasteiger partial charge in [-0.25, -0.2) is 0 Å². The van der Waals surface area contributed by atoms with Crippen LogP contribution in [0.2, 0.25) is 0 Å². The van der Waals surface area contributed by atoms with Crippen LogP contribution in [0, 0.1) is 6.92 Å². The van der Waals surface area contributed by atoms with Crippen LogP contribution in [-0.4, -0.2) is 14.2 Å². The highest BCUT2D eigenvalue weighted by atomic mass is 16.5. The third kappa shape index (κ3) is 2.13. The van der Waals surface area contributed by atoms with E-state index in [1.165, 1.54) is 21.9 Å². The highest BCUT2D eigenvalue weighted by molar-refractivity contribution is 5.88. The standard InChI is InChI=1S/C15H19NO/c1-10-14-7-5-12(11(2)16-3)9-13(14)6-8-15(10)17-4/h5-9,11,16H,1-4H3. The van der Waals surface area contributed by atoms with Crippen molar-refractivity contribution in [2.75, 3.05) is 14.2 Å². The van der Waals surface area contributed by atoms with Crippen molar-refractivity contribution in [3.8, 4) is 5.75 Å². The Kier molecular flexibility index (Phi) is 3.34. The Labute approximate surface area is 103 Å². The van der Waals surface area contributed by atoms with Gasteiger partial charge in [-0.05, 0) is 54.9 Å². The van der Waals surface area contributed by atoms with Gasteiger partial charge in [0, 0.05) is 6.04 Å². The second kappa shape index (κ2) is 4.76. The zero-order chi connectivity index (χ0) is 12.4. The van der Waals surface area contributed by atoms with E-state index in [2.05, 4.69) is 43.4 Å². The van der Waals surface area contributed by atoms with E-state index in [-0.39, 0.29) is 0 Å². The van der Waals surface area contributed by atoms with Gasteiger partial charge in [0.1, 0.15) is 5.75 Å². The Morgan fingerprint density at radius 2 is 1.94 bits per heavy atom. The van der Waals surface area contributed by atoms with E-state index in [1.54, 1.807) is 7.11 Å². The fourth-order valence-corrected chi connectivity index (χ4v) is 2.14. The molecule has 1 N–H and O–H groups in total. The van der Waals surface area contributed by atoms with Crippen molar-refractivity contribution in [1.82, 2.24) is 5.32 Å². The maximum absolute atomic E-state index is 5.34. The van der Waals surface area contributed by atoms with Crippen molar-refractivity contribution in [2.45, 2.75) is 19.9 Å². The first-order chi connectivity index (χ1) is 8.17. The summed E-state index contributed by atoms with van der Waals surface area (Å²) < 4.78 is 5.34. The Morgan fingerprint density at radius 1 is 1.18 bits per heavy atom. The summed E-state index contributed by atoms with van der Waals surface area (Å²) in [5.41, 5.74) is 2.51. The molecule has 2 aromatic carbocycles. The van der Waals surface area contributed by atoms with Crippen molar-refractivity contribution in [3.63, 3.8) is 0 Å². The molecule has 0 amide bonds. The topological polar surface area (TPSA) is 21.3 Å². The summed E-state index contributed by atoms with van der Waals surface area (Å²) in [5.74, 6) is 0.951. The number of aryl methyl sites for hydroxylation is 1. The number of fused-ring (bicyclic) bond motifs is 1. The molecule has 0 saturated carbocycles. The first-order valence-electron chi connectivity index (χ1n) is 5.92. The third-order valence-electron chi connectivity index (χ3n) is 3.42. The minimum atomic E-state index is 0.377. The fraction of sp³-hybridized carbons (Fsp3) is 0.333. The molecule has 0 bridgehead atoms. The van der Waals surface area contributed by atoms with E-state index in [0.717, 1.165) is 5.75 Å². The SMILES string of the molecule is CNC(C)c1ccc2c(C)c(OC)ccc2c1. The van der Waals surface area contributed by atoms with Gasteiger partial charge in [-0.3, -0.25) is 0 Å². The van der Waals surface area contributed by atoms with Gasteiger partial charge in [0.15, 0.2) is 0 Å². The normalized spacial score (nSPS) is 12.7. The average Bonchev–Trinajstić information content (AvgIpc) is 2.38. The van der Waals surface area contributed by atoms with Gasteiger partial charge in [0.25, 0.3) is 0 Å².